The van der Waals surface area contributed by atoms with Crippen molar-refractivity contribution in [3.05, 3.63) is 81.8 Å². The second-order valence-electron chi connectivity index (χ2n) is 7.43. The molecule has 1 atom stereocenters. The van der Waals surface area contributed by atoms with Gasteiger partial charge in [-0.15, -0.1) is 0 Å². The van der Waals surface area contributed by atoms with Crippen LogP contribution in [-0.2, 0) is 22.6 Å². The van der Waals surface area contributed by atoms with E-state index in [9.17, 15) is 9.59 Å². The summed E-state index contributed by atoms with van der Waals surface area (Å²) in [5.41, 5.74) is 1.87. The molecule has 0 saturated carbocycles. The lowest BCUT2D eigenvalue weighted by Gasteiger charge is -2.30. The Labute approximate surface area is 193 Å². The zero-order valence-electron chi connectivity index (χ0n) is 17.7. The molecule has 4 nitrogen and oxygen atoms in total. The first-order chi connectivity index (χ1) is 14.9. The van der Waals surface area contributed by atoms with Crippen LogP contribution in [0.25, 0.3) is 10.8 Å². The van der Waals surface area contributed by atoms with Gasteiger partial charge in [-0.1, -0.05) is 78.7 Å². The average Bonchev–Trinajstić information content (AvgIpc) is 2.78. The Morgan fingerprint density at radius 2 is 1.74 bits per heavy atom. The molecule has 0 aromatic heterocycles. The average molecular weight is 457 g/mol. The number of amides is 2. The summed E-state index contributed by atoms with van der Waals surface area (Å²) < 4.78 is 0. The number of carbonyl (C=O) groups is 2. The predicted molar refractivity (Wildman–Crippen MR) is 127 cm³/mol. The SMILES string of the molecule is CC[C@H](C(=O)NC)N(Cc1ccc(Cl)cc1Cl)C(=O)CCc1cccc2ccccc12. The van der Waals surface area contributed by atoms with Gasteiger partial charge in [0.25, 0.3) is 0 Å². The summed E-state index contributed by atoms with van der Waals surface area (Å²) in [7, 11) is 1.58. The zero-order chi connectivity index (χ0) is 22.4. The molecule has 3 aromatic carbocycles. The van der Waals surface area contributed by atoms with Crippen LogP contribution in [0.1, 0.15) is 30.9 Å². The molecule has 6 heteroatoms. The summed E-state index contributed by atoms with van der Waals surface area (Å²) in [6.45, 7) is 2.14. The number of carbonyl (C=O) groups excluding carboxylic acids is 2. The van der Waals surface area contributed by atoms with Crippen LogP contribution in [-0.4, -0.2) is 29.8 Å². The van der Waals surface area contributed by atoms with Crippen molar-refractivity contribution in [1.82, 2.24) is 10.2 Å². The molecule has 0 aliphatic heterocycles. The summed E-state index contributed by atoms with van der Waals surface area (Å²) in [5, 5.41) is 5.97. The number of likely N-dealkylation sites (N-methyl/N-ethyl adjacent to an activating group) is 1. The van der Waals surface area contributed by atoms with E-state index in [0.29, 0.717) is 29.3 Å². The van der Waals surface area contributed by atoms with Crippen molar-refractivity contribution in [3.8, 4) is 0 Å². The fourth-order valence-corrected chi connectivity index (χ4v) is 4.28. The largest absolute Gasteiger partial charge is 0.357 e. The lowest BCUT2D eigenvalue weighted by atomic mass is 10.00. The smallest absolute Gasteiger partial charge is 0.242 e. The van der Waals surface area contributed by atoms with Crippen molar-refractivity contribution in [2.75, 3.05) is 7.05 Å². The fraction of sp³-hybridized carbons (Fsp3) is 0.280. The molecule has 0 aliphatic carbocycles. The monoisotopic (exact) mass is 456 g/mol. The molecule has 31 heavy (non-hydrogen) atoms. The molecule has 0 aliphatic rings. The number of hydrogen-bond donors (Lipinski definition) is 1. The molecule has 0 radical (unpaired) electrons. The van der Waals surface area contributed by atoms with Gasteiger partial charge in [0.15, 0.2) is 0 Å². The molecule has 3 aromatic rings. The van der Waals surface area contributed by atoms with Gasteiger partial charge in [-0.25, -0.2) is 0 Å². The van der Waals surface area contributed by atoms with Crippen LogP contribution in [0.5, 0.6) is 0 Å². The van der Waals surface area contributed by atoms with Crippen molar-refractivity contribution in [3.63, 3.8) is 0 Å². The van der Waals surface area contributed by atoms with Gasteiger partial charge < -0.3 is 10.2 Å². The molecular weight excluding hydrogens is 431 g/mol. The third-order valence-corrected chi connectivity index (χ3v) is 6.06. The molecule has 0 saturated heterocycles. The highest BCUT2D eigenvalue weighted by atomic mass is 35.5. The van der Waals surface area contributed by atoms with Gasteiger partial charge in [-0.05, 0) is 46.9 Å². The minimum Gasteiger partial charge on any atom is -0.357 e. The van der Waals surface area contributed by atoms with E-state index in [1.54, 1.807) is 30.1 Å². The Morgan fingerprint density at radius 1 is 1.00 bits per heavy atom. The van der Waals surface area contributed by atoms with Crippen LogP contribution < -0.4 is 5.32 Å². The Hall–Kier alpha value is -2.56. The molecule has 0 fully saturated rings. The first-order valence-electron chi connectivity index (χ1n) is 10.4. The molecule has 3 rings (SSSR count). The minimum atomic E-state index is -0.572. The first kappa shape index (κ1) is 23.1. The number of nitrogens with zero attached hydrogens (tertiary/aromatic N) is 1. The van der Waals surface area contributed by atoms with Crippen LogP contribution in [0.3, 0.4) is 0 Å². The maximum absolute atomic E-state index is 13.3. The number of halogens is 2. The number of benzene rings is 3. The van der Waals surface area contributed by atoms with Gasteiger partial charge in [0.05, 0.1) is 0 Å². The van der Waals surface area contributed by atoms with E-state index in [2.05, 4.69) is 23.5 Å². The Balaban J connectivity index is 1.85. The minimum absolute atomic E-state index is 0.0885. The number of hydrogen-bond acceptors (Lipinski definition) is 2. The molecule has 0 unspecified atom stereocenters. The van der Waals surface area contributed by atoms with E-state index in [-0.39, 0.29) is 18.4 Å². The Bertz CT molecular complexity index is 1080. The molecule has 0 heterocycles. The summed E-state index contributed by atoms with van der Waals surface area (Å²) in [4.78, 5) is 27.5. The van der Waals surface area contributed by atoms with E-state index in [4.69, 9.17) is 23.2 Å². The standard InChI is InChI=1S/C25H26Cl2N2O2/c1-3-23(25(31)28-2)29(16-19-11-13-20(26)15-22(19)27)24(30)14-12-18-9-6-8-17-7-4-5-10-21(17)18/h4-11,13,15,23H,3,12,14,16H2,1-2H3,(H,28,31)/t23-/m1/s1. The summed E-state index contributed by atoms with van der Waals surface area (Å²) >= 11 is 12.4. The summed E-state index contributed by atoms with van der Waals surface area (Å²) in [6.07, 6.45) is 1.40. The normalized spacial score (nSPS) is 11.9. The van der Waals surface area contributed by atoms with Crippen LogP contribution in [0.15, 0.2) is 60.7 Å². The van der Waals surface area contributed by atoms with E-state index in [1.807, 2.05) is 31.2 Å². The lowest BCUT2D eigenvalue weighted by molar-refractivity contribution is -0.141. The maximum atomic E-state index is 13.3. The third kappa shape index (κ3) is 5.57. The van der Waals surface area contributed by atoms with Crippen molar-refractivity contribution >= 4 is 45.8 Å². The van der Waals surface area contributed by atoms with Gasteiger partial charge in [0, 0.05) is 30.1 Å². The van der Waals surface area contributed by atoms with Gasteiger partial charge >= 0.3 is 0 Å². The third-order valence-electron chi connectivity index (χ3n) is 5.48. The van der Waals surface area contributed by atoms with Gasteiger partial charge in [-0.2, -0.15) is 0 Å². The second-order valence-corrected chi connectivity index (χ2v) is 8.28. The van der Waals surface area contributed by atoms with Crippen molar-refractivity contribution in [1.29, 1.82) is 0 Å². The van der Waals surface area contributed by atoms with E-state index in [1.165, 1.54) is 0 Å². The predicted octanol–water partition coefficient (Wildman–Crippen LogP) is 5.63. The van der Waals surface area contributed by atoms with E-state index < -0.39 is 6.04 Å². The highest BCUT2D eigenvalue weighted by molar-refractivity contribution is 6.35. The molecule has 0 spiro atoms. The van der Waals surface area contributed by atoms with Crippen LogP contribution in [0, 0.1) is 0 Å². The molecular formula is C25H26Cl2N2O2. The lowest BCUT2D eigenvalue weighted by Crippen LogP contribution is -2.48. The number of nitrogens with one attached hydrogen (secondary N) is 1. The van der Waals surface area contributed by atoms with Crippen LogP contribution in [0.4, 0.5) is 0 Å². The number of aryl methyl sites for hydroxylation is 1. The number of rotatable bonds is 8. The molecule has 0 bridgehead atoms. The van der Waals surface area contributed by atoms with Gasteiger partial charge in [0.2, 0.25) is 11.8 Å². The Kier molecular flexibility index (Phi) is 7.94. The first-order valence-corrected chi connectivity index (χ1v) is 11.1. The topological polar surface area (TPSA) is 49.4 Å². The Morgan fingerprint density at radius 3 is 2.45 bits per heavy atom. The quantitative estimate of drug-likeness (QED) is 0.477. The van der Waals surface area contributed by atoms with Crippen molar-refractivity contribution < 1.29 is 9.59 Å². The van der Waals surface area contributed by atoms with Crippen LogP contribution in [0.2, 0.25) is 10.0 Å². The summed E-state index contributed by atoms with van der Waals surface area (Å²) in [6, 6.07) is 18.9. The highest BCUT2D eigenvalue weighted by Crippen LogP contribution is 2.25. The molecule has 1 N–H and O–H groups in total. The van der Waals surface area contributed by atoms with Gasteiger partial charge in [-0.3, -0.25) is 9.59 Å². The second kappa shape index (κ2) is 10.7. The molecule has 162 valence electrons. The van der Waals surface area contributed by atoms with E-state index in [0.717, 1.165) is 21.9 Å². The van der Waals surface area contributed by atoms with Crippen molar-refractivity contribution in [2.45, 2.75) is 38.8 Å². The van der Waals surface area contributed by atoms with E-state index >= 15 is 0 Å². The zero-order valence-corrected chi connectivity index (χ0v) is 19.2. The summed E-state index contributed by atoms with van der Waals surface area (Å²) in [5.74, 6) is -0.277. The fourth-order valence-electron chi connectivity index (χ4n) is 3.82. The van der Waals surface area contributed by atoms with Crippen molar-refractivity contribution in [2.24, 2.45) is 0 Å². The van der Waals surface area contributed by atoms with Crippen LogP contribution >= 0.6 is 23.2 Å². The highest BCUT2D eigenvalue weighted by Gasteiger charge is 2.28. The van der Waals surface area contributed by atoms with Gasteiger partial charge in [0.1, 0.15) is 6.04 Å². The maximum Gasteiger partial charge on any atom is 0.242 e. The number of fused-ring (bicyclic) bond motifs is 1. The molecule has 2 amide bonds.